The van der Waals surface area contributed by atoms with Crippen molar-refractivity contribution in [3.8, 4) is 5.75 Å². The maximum Gasteiger partial charge on any atom is 0.163 e. The summed E-state index contributed by atoms with van der Waals surface area (Å²) in [6.07, 6.45) is 3.80. The first-order valence-corrected chi connectivity index (χ1v) is 6.49. The standard InChI is InChI=1S/C15H20O2/c1-3-11(2)10-17-13-8-7-12-5-4-6-15(16)14(12)9-13/h7-9,11H,3-6,10H2,1-2H3. The molecule has 2 rings (SSSR count). The molecule has 1 aromatic carbocycles. The molecule has 0 amide bonds. The molecular weight excluding hydrogens is 212 g/mol. The molecule has 0 spiro atoms. The Morgan fingerprint density at radius 3 is 2.94 bits per heavy atom. The molecule has 17 heavy (non-hydrogen) atoms. The molecule has 1 aliphatic rings. The third-order valence-corrected chi connectivity index (χ3v) is 3.46. The number of rotatable bonds is 4. The van der Waals surface area contributed by atoms with E-state index in [1.54, 1.807) is 0 Å². The molecule has 2 heteroatoms. The van der Waals surface area contributed by atoms with Crippen LogP contribution < -0.4 is 4.74 Å². The van der Waals surface area contributed by atoms with Gasteiger partial charge in [0, 0.05) is 12.0 Å². The normalized spacial score (nSPS) is 16.5. The summed E-state index contributed by atoms with van der Waals surface area (Å²) in [6, 6.07) is 5.94. The zero-order chi connectivity index (χ0) is 12.3. The Morgan fingerprint density at radius 1 is 1.35 bits per heavy atom. The molecule has 0 N–H and O–H groups in total. The van der Waals surface area contributed by atoms with Crippen molar-refractivity contribution in [2.75, 3.05) is 6.61 Å². The Bertz CT molecular complexity index is 409. The second-order valence-electron chi connectivity index (χ2n) is 4.92. The first kappa shape index (κ1) is 12.2. The van der Waals surface area contributed by atoms with Gasteiger partial charge in [-0.25, -0.2) is 0 Å². The van der Waals surface area contributed by atoms with Crippen LogP contribution in [0.2, 0.25) is 0 Å². The number of Topliss-reactive ketones (excluding diaryl/α,β-unsaturated/α-hetero) is 1. The summed E-state index contributed by atoms with van der Waals surface area (Å²) in [7, 11) is 0. The summed E-state index contributed by atoms with van der Waals surface area (Å²) in [4.78, 5) is 11.8. The average molecular weight is 232 g/mol. The third-order valence-electron chi connectivity index (χ3n) is 3.46. The van der Waals surface area contributed by atoms with Crippen LogP contribution in [-0.4, -0.2) is 12.4 Å². The second-order valence-corrected chi connectivity index (χ2v) is 4.92. The molecule has 0 heterocycles. The molecular formula is C15H20O2. The van der Waals surface area contributed by atoms with Crippen molar-refractivity contribution in [2.24, 2.45) is 5.92 Å². The van der Waals surface area contributed by atoms with E-state index in [0.29, 0.717) is 12.3 Å². The summed E-state index contributed by atoms with van der Waals surface area (Å²) >= 11 is 0. The van der Waals surface area contributed by atoms with Crippen molar-refractivity contribution >= 4 is 5.78 Å². The molecule has 1 unspecified atom stereocenters. The fraction of sp³-hybridized carbons (Fsp3) is 0.533. The van der Waals surface area contributed by atoms with Gasteiger partial charge in [-0.3, -0.25) is 4.79 Å². The van der Waals surface area contributed by atoms with Crippen LogP contribution in [0.25, 0.3) is 0 Å². The lowest BCUT2D eigenvalue weighted by molar-refractivity contribution is 0.0972. The third kappa shape index (κ3) is 2.87. The number of carbonyl (C=O) groups excluding carboxylic acids is 1. The van der Waals surface area contributed by atoms with E-state index in [1.807, 2.05) is 18.2 Å². The van der Waals surface area contributed by atoms with Gasteiger partial charge in [-0.1, -0.05) is 26.3 Å². The van der Waals surface area contributed by atoms with Crippen molar-refractivity contribution < 1.29 is 9.53 Å². The van der Waals surface area contributed by atoms with Gasteiger partial charge in [-0.15, -0.1) is 0 Å². The van der Waals surface area contributed by atoms with Gasteiger partial charge in [-0.2, -0.15) is 0 Å². The highest BCUT2D eigenvalue weighted by atomic mass is 16.5. The van der Waals surface area contributed by atoms with Crippen LogP contribution in [0.3, 0.4) is 0 Å². The highest BCUT2D eigenvalue weighted by Crippen LogP contribution is 2.25. The van der Waals surface area contributed by atoms with E-state index >= 15 is 0 Å². The fourth-order valence-electron chi connectivity index (χ4n) is 2.05. The van der Waals surface area contributed by atoms with Gasteiger partial charge < -0.3 is 4.74 Å². The lowest BCUT2D eigenvalue weighted by atomic mass is 9.90. The van der Waals surface area contributed by atoms with Crippen molar-refractivity contribution in [1.82, 2.24) is 0 Å². The van der Waals surface area contributed by atoms with Crippen LogP contribution in [0.15, 0.2) is 18.2 Å². The summed E-state index contributed by atoms with van der Waals surface area (Å²) in [5.41, 5.74) is 2.05. The number of aryl methyl sites for hydroxylation is 1. The lowest BCUT2D eigenvalue weighted by Gasteiger charge is -2.17. The SMILES string of the molecule is CCC(C)COc1ccc2c(c1)C(=O)CCC2. The smallest absolute Gasteiger partial charge is 0.163 e. The molecule has 0 bridgehead atoms. The zero-order valence-electron chi connectivity index (χ0n) is 10.7. The first-order chi connectivity index (χ1) is 8.20. The molecule has 0 saturated carbocycles. The van der Waals surface area contributed by atoms with Crippen LogP contribution in [0, 0.1) is 5.92 Å². The summed E-state index contributed by atoms with van der Waals surface area (Å²) in [6.45, 7) is 5.05. The van der Waals surface area contributed by atoms with Crippen molar-refractivity contribution in [3.05, 3.63) is 29.3 Å². The van der Waals surface area contributed by atoms with E-state index in [0.717, 1.165) is 37.2 Å². The minimum atomic E-state index is 0.264. The fourth-order valence-corrected chi connectivity index (χ4v) is 2.05. The number of carbonyl (C=O) groups is 1. The Balaban J connectivity index is 2.10. The summed E-state index contributed by atoms with van der Waals surface area (Å²) in [5, 5.41) is 0. The van der Waals surface area contributed by atoms with E-state index in [1.165, 1.54) is 5.56 Å². The molecule has 2 nitrogen and oxygen atoms in total. The Kier molecular flexibility index (Phi) is 3.82. The average Bonchev–Trinajstić information content (AvgIpc) is 2.36. The minimum absolute atomic E-state index is 0.264. The number of fused-ring (bicyclic) bond motifs is 1. The quantitative estimate of drug-likeness (QED) is 0.792. The maximum absolute atomic E-state index is 11.8. The van der Waals surface area contributed by atoms with Gasteiger partial charge in [0.05, 0.1) is 6.61 Å². The van der Waals surface area contributed by atoms with E-state index in [-0.39, 0.29) is 5.78 Å². The van der Waals surface area contributed by atoms with Crippen LogP contribution >= 0.6 is 0 Å². The molecule has 0 radical (unpaired) electrons. The Morgan fingerprint density at radius 2 is 2.18 bits per heavy atom. The highest BCUT2D eigenvalue weighted by Gasteiger charge is 2.17. The minimum Gasteiger partial charge on any atom is -0.493 e. The van der Waals surface area contributed by atoms with E-state index in [9.17, 15) is 4.79 Å². The van der Waals surface area contributed by atoms with Gasteiger partial charge in [-0.05, 0) is 36.5 Å². The monoisotopic (exact) mass is 232 g/mol. The number of hydrogen-bond donors (Lipinski definition) is 0. The first-order valence-electron chi connectivity index (χ1n) is 6.49. The van der Waals surface area contributed by atoms with Crippen LogP contribution in [-0.2, 0) is 6.42 Å². The van der Waals surface area contributed by atoms with Crippen molar-refractivity contribution in [1.29, 1.82) is 0 Å². The molecule has 0 aromatic heterocycles. The number of ketones is 1. The van der Waals surface area contributed by atoms with E-state index in [2.05, 4.69) is 13.8 Å². The lowest BCUT2D eigenvalue weighted by Crippen LogP contribution is -2.12. The second kappa shape index (κ2) is 5.35. The molecule has 1 aromatic rings. The summed E-state index contributed by atoms with van der Waals surface area (Å²) < 4.78 is 5.72. The zero-order valence-corrected chi connectivity index (χ0v) is 10.7. The van der Waals surface area contributed by atoms with Crippen LogP contribution in [0.1, 0.15) is 49.0 Å². The van der Waals surface area contributed by atoms with Gasteiger partial charge >= 0.3 is 0 Å². The van der Waals surface area contributed by atoms with Crippen molar-refractivity contribution in [2.45, 2.75) is 39.5 Å². The predicted molar refractivity (Wildman–Crippen MR) is 68.7 cm³/mol. The van der Waals surface area contributed by atoms with E-state index in [4.69, 9.17) is 4.74 Å². The summed E-state index contributed by atoms with van der Waals surface area (Å²) in [5.74, 6) is 1.65. The largest absolute Gasteiger partial charge is 0.493 e. The van der Waals surface area contributed by atoms with Gasteiger partial charge in [0.2, 0.25) is 0 Å². The molecule has 0 fully saturated rings. The highest BCUT2D eigenvalue weighted by molar-refractivity contribution is 5.98. The van der Waals surface area contributed by atoms with Gasteiger partial charge in [0.15, 0.2) is 5.78 Å². The van der Waals surface area contributed by atoms with Gasteiger partial charge in [0.1, 0.15) is 5.75 Å². The van der Waals surface area contributed by atoms with Crippen LogP contribution in [0.5, 0.6) is 5.75 Å². The number of hydrogen-bond acceptors (Lipinski definition) is 2. The Hall–Kier alpha value is -1.31. The van der Waals surface area contributed by atoms with Gasteiger partial charge in [0.25, 0.3) is 0 Å². The molecule has 1 aliphatic carbocycles. The topological polar surface area (TPSA) is 26.3 Å². The number of ether oxygens (including phenoxy) is 1. The Labute approximate surface area is 103 Å². The molecule has 1 atom stereocenters. The van der Waals surface area contributed by atoms with Crippen molar-refractivity contribution in [3.63, 3.8) is 0 Å². The van der Waals surface area contributed by atoms with Crippen LogP contribution in [0.4, 0.5) is 0 Å². The molecule has 0 saturated heterocycles. The maximum atomic E-state index is 11.8. The predicted octanol–water partition coefficient (Wildman–Crippen LogP) is 3.63. The molecule has 92 valence electrons. The molecule has 0 aliphatic heterocycles. The number of benzene rings is 1. The van der Waals surface area contributed by atoms with E-state index < -0.39 is 0 Å².